The zero-order chi connectivity index (χ0) is 14.3. The molecule has 1 aliphatic carbocycles. The van der Waals surface area contributed by atoms with Crippen molar-refractivity contribution >= 4 is 5.97 Å². The summed E-state index contributed by atoms with van der Waals surface area (Å²) >= 11 is 0. The molecule has 0 bridgehead atoms. The molecule has 1 aromatic carbocycles. The summed E-state index contributed by atoms with van der Waals surface area (Å²) in [7, 11) is 1.84. The van der Waals surface area contributed by atoms with E-state index < -0.39 is 17.4 Å². The lowest BCUT2D eigenvalue weighted by atomic mass is 9.92. The summed E-state index contributed by atoms with van der Waals surface area (Å²) in [5, 5.41) is 13.7. The number of nitrogens with zero attached hydrogens (tertiary/aromatic N) is 2. The van der Waals surface area contributed by atoms with Gasteiger partial charge in [0, 0.05) is 23.7 Å². The van der Waals surface area contributed by atoms with Crippen molar-refractivity contribution in [2.24, 2.45) is 12.8 Å². The molecule has 0 amide bonds. The van der Waals surface area contributed by atoms with Crippen molar-refractivity contribution in [2.75, 3.05) is 0 Å². The predicted molar refractivity (Wildman–Crippen MR) is 75.2 cm³/mol. The molecule has 1 saturated carbocycles. The molecule has 1 unspecified atom stereocenters. The highest BCUT2D eigenvalue weighted by Gasteiger charge is 2.54. The highest BCUT2D eigenvalue weighted by atomic mass is 16.4. The van der Waals surface area contributed by atoms with E-state index in [0.717, 1.165) is 29.8 Å². The Morgan fingerprint density at radius 1 is 1.40 bits per heavy atom. The summed E-state index contributed by atoms with van der Waals surface area (Å²) in [6.07, 6.45) is 1.60. The molecule has 0 radical (unpaired) electrons. The number of aliphatic carboxylic acids is 1. The van der Waals surface area contributed by atoms with Crippen LogP contribution in [-0.4, -0.2) is 26.9 Å². The van der Waals surface area contributed by atoms with Gasteiger partial charge in [0.05, 0.1) is 5.69 Å². The van der Waals surface area contributed by atoms with E-state index in [1.54, 1.807) is 4.68 Å². The van der Waals surface area contributed by atoms with E-state index in [1.165, 1.54) is 0 Å². The first kappa shape index (κ1) is 12.9. The molecule has 3 rings (SSSR count). The van der Waals surface area contributed by atoms with Crippen LogP contribution >= 0.6 is 0 Å². The summed E-state index contributed by atoms with van der Waals surface area (Å²) in [5.41, 5.74) is 8.19. The minimum absolute atomic E-state index is 0.458. The number of carboxylic acid groups (broad SMARTS) is 1. The fraction of sp³-hybridized carbons (Fsp3) is 0.333. The van der Waals surface area contributed by atoms with Gasteiger partial charge in [-0.1, -0.05) is 30.3 Å². The molecule has 20 heavy (non-hydrogen) atoms. The molecule has 0 aliphatic heterocycles. The minimum Gasteiger partial charge on any atom is -0.480 e. The van der Waals surface area contributed by atoms with E-state index in [0.29, 0.717) is 0 Å². The summed E-state index contributed by atoms with van der Waals surface area (Å²) in [5.74, 6) is -0.954. The van der Waals surface area contributed by atoms with Crippen LogP contribution in [0.2, 0.25) is 0 Å². The molecule has 5 heteroatoms. The van der Waals surface area contributed by atoms with Crippen LogP contribution in [0.15, 0.2) is 36.4 Å². The van der Waals surface area contributed by atoms with Crippen molar-refractivity contribution in [1.82, 2.24) is 9.78 Å². The fourth-order valence-electron chi connectivity index (χ4n) is 2.78. The topological polar surface area (TPSA) is 81.1 Å². The smallest absolute Gasteiger partial charge is 0.321 e. The molecule has 1 heterocycles. The van der Waals surface area contributed by atoms with Crippen molar-refractivity contribution in [3.8, 4) is 11.3 Å². The number of hydrogen-bond donors (Lipinski definition) is 2. The number of rotatable bonds is 4. The Kier molecular flexibility index (Phi) is 2.87. The predicted octanol–water partition coefficient (Wildman–Crippen LogP) is 1.53. The van der Waals surface area contributed by atoms with Gasteiger partial charge in [-0.2, -0.15) is 5.10 Å². The average molecular weight is 271 g/mol. The van der Waals surface area contributed by atoms with Gasteiger partial charge in [0.15, 0.2) is 0 Å². The second-order valence-electron chi connectivity index (χ2n) is 5.38. The Labute approximate surface area is 117 Å². The Bertz CT molecular complexity index is 644. The Balaban J connectivity index is 2.01. The maximum Gasteiger partial charge on any atom is 0.321 e. The molecule has 1 atom stereocenters. The van der Waals surface area contributed by atoms with Crippen molar-refractivity contribution in [3.05, 3.63) is 42.1 Å². The van der Waals surface area contributed by atoms with E-state index in [1.807, 2.05) is 43.4 Å². The van der Waals surface area contributed by atoms with Gasteiger partial charge in [-0.25, -0.2) is 0 Å². The first-order chi connectivity index (χ1) is 9.54. The van der Waals surface area contributed by atoms with Gasteiger partial charge in [-0.05, 0) is 18.9 Å². The number of carboxylic acids is 1. The highest BCUT2D eigenvalue weighted by molar-refractivity contribution is 5.77. The second kappa shape index (κ2) is 4.45. The SMILES string of the molecule is Cn1nc(-c2ccccc2)cc1C1(C(N)C(=O)O)CC1. The number of hydrogen-bond acceptors (Lipinski definition) is 3. The molecule has 0 spiro atoms. The maximum atomic E-state index is 11.2. The number of aromatic nitrogens is 2. The lowest BCUT2D eigenvalue weighted by Gasteiger charge is -2.19. The van der Waals surface area contributed by atoms with Crippen molar-refractivity contribution in [2.45, 2.75) is 24.3 Å². The zero-order valence-electron chi connectivity index (χ0n) is 11.3. The lowest BCUT2D eigenvalue weighted by molar-refractivity contribution is -0.139. The number of carbonyl (C=O) groups is 1. The van der Waals surface area contributed by atoms with E-state index in [2.05, 4.69) is 5.10 Å². The van der Waals surface area contributed by atoms with Crippen LogP contribution in [-0.2, 0) is 17.3 Å². The van der Waals surface area contributed by atoms with Crippen molar-refractivity contribution in [3.63, 3.8) is 0 Å². The van der Waals surface area contributed by atoms with Crippen LogP contribution < -0.4 is 5.73 Å². The van der Waals surface area contributed by atoms with Gasteiger partial charge in [-0.3, -0.25) is 9.48 Å². The van der Waals surface area contributed by atoms with Gasteiger partial charge < -0.3 is 10.8 Å². The minimum atomic E-state index is -0.954. The van der Waals surface area contributed by atoms with E-state index in [-0.39, 0.29) is 0 Å². The van der Waals surface area contributed by atoms with Crippen LogP contribution in [0.1, 0.15) is 18.5 Å². The molecular formula is C15H17N3O2. The van der Waals surface area contributed by atoms with Crippen LogP contribution in [0.3, 0.4) is 0 Å². The summed E-state index contributed by atoms with van der Waals surface area (Å²) in [6.45, 7) is 0. The highest BCUT2D eigenvalue weighted by Crippen LogP contribution is 2.50. The molecule has 1 aromatic heterocycles. The third-order valence-corrected chi connectivity index (χ3v) is 4.11. The van der Waals surface area contributed by atoms with E-state index in [9.17, 15) is 9.90 Å². The van der Waals surface area contributed by atoms with Crippen molar-refractivity contribution in [1.29, 1.82) is 0 Å². The Hall–Kier alpha value is -2.14. The molecular weight excluding hydrogens is 254 g/mol. The first-order valence-electron chi connectivity index (χ1n) is 6.63. The molecule has 2 aromatic rings. The molecule has 1 aliphatic rings. The third-order valence-electron chi connectivity index (χ3n) is 4.11. The lowest BCUT2D eigenvalue weighted by Crippen LogP contribution is -2.42. The Morgan fingerprint density at radius 3 is 2.60 bits per heavy atom. The summed E-state index contributed by atoms with van der Waals surface area (Å²) < 4.78 is 1.76. The van der Waals surface area contributed by atoms with Crippen LogP contribution in [0.25, 0.3) is 11.3 Å². The van der Waals surface area contributed by atoms with Gasteiger partial charge in [0.25, 0.3) is 0 Å². The molecule has 1 fully saturated rings. The number of aryl methyl sites for hydroxylation is 1. The summed E-state index contributed by atoms with van der Waals surface area (Å²) in [6, 6.07) is 10.9. The van der Waals surface area contributed by atoms with Crippen LogP contribution in [0.4, 0.5) is 0 Å². The van der Waals surface area contributed by atoms with Gasteiger partial charge >= 0.3 is 5.97 Å². The molecule has 104 valence electrons. The third kappa shape index (κ3) is 1.91. The maximum absolute atomic E-state index is 11.2. The molecule has 5 nitrogen and oxygen atoms in total. The standard InChI is InChI=1S/C15H17N3O2/c1-18-12(15(7-8-15)13(16)14(19)20)9-11(17-18)10-5-3-2-4-6-10/h2-6,9,13H,7-8,16H2,1H3,(H,19,20). The molecule has 3 N–H and O–H groups in total. The van der Waals surface area contributed by atoms with Crippen LogP contribution in [0.5, 0.6) is 0 Å². The fourth-order valence-corrected chi connectivity index (χ4v) is 2.78. The largest absolute Gasteiger partial charge is 0.480 e. The monoisotopic (exact) mass is 271 g/mol. The van der Waals surface area contributed by atoms with E-state index >= 15 is 0 Å². The normalized spacial score (nSPS) is 17.7. The average Bonchev–Trinajstić information content (AvgIpc) is 3.16. The number of nitrogens with two attached hydrogens (primary N) is 1. The quantitative estimate of drug-likeness (QED) is 0.883. The van der Waals surface area contributed by atoms with Crippen molar-refractivity contribution < 1.29 is 9.90 Å². The van der Waals surface area contributed by atoms with Gasteiger partial charge in [0.1, 0.15) is 6.04 Å². The van der Waals surface area contributed by atoms with Crippen LogP contribution in [0, 0.1) is 0 Å². The van der Waals surface area contributed by atoms with E-state index in [4.69, 9.17) is 5.73 Å². The second-order valence-corrected chi connectivity index (χ2v) is 5.38. The summed E-state index contributed by atoms with van der Waals surface area (Å²) in [4.78, 5) is 11.2. The Morgan fingerprint density at radius 2 is 2.05 bits per heavy atom. The molecule has 0 saturated heterocycles. The van der Waals surface area contributed by atoms with Gasteiger partial charge in [0.2, 0.25) is 0 Å². The van der Waals surface area contributed by atoms with Gasteiger partial charge in [-0.15, -0.1) is 0 Å². The zero-order valence-corrected chi connectivity index (χ0v) is 11.3. The first-order valence-corrected chi connectivity index (χ1v) is 6.63. The number of benzene rings is 1.